The second kappa shape index (κ2) is 10.0. The topological polar surface area (TPSA) is 62.3 Å². The van der Waals surface area contributed by atoms with E-state index in [9.17, 15) is 13.2 Å². The fourth-order valence-corrected chi connectivity index (χ4v) is 3.58. The van der Waals surface area contributed by atoms with Crippen LogP contribution >= 0.6 is 12.2 Å². The Morgan fingerprint density at radius 3 is 2.36 bits per heavy atom. The molecule has 0 aliphatic carbocycles. The summed E-state index contributed by atoms with van der Waals surface area (Å²) < 4.78 is 45.4. The molecule has 1 fully saturated rings. The fraction of sp³-hybridized carbons (Fsp3) is 0.261. The van der Waals surface area contributed by atoms with Crippen LogP contribution in [-0.2, 0) is 12.7 Å². The summed E-state index contributed by atoms with van der Waals surface area (Å²) in [6.07, 6.45) is -2.25. The maximum absolute atomic E-state index is 13.3. The number of alkyl halides is 3. The number of hydrogen-bond donors (Lipinski definition) is 2. The van der Waals surface area contributed by atoms with Crippen LogP contribution in [0.3, 0.4) is 0 Å². The van der Waals surface area contributed by atoms with E-state index in [1.165, 1.54) is 18.5 Å². The van der Waals surface area contributed by atoms with Gasteiger partial charge in [0.05, 0.1) is 0 Å². The van der Waals surface area contributed by atoms with E-state index < -0.39 is 11.9 Å². The highest BCUT2D eigenvalue weighted by Gasteiger charge is 2.34. The van der Waals surface area contributed by atoms with Crippen LogP contribution in [0.25, 0.3) is 0 Å². The molecule has 6 nitrogen and oxygen atoms in total. The van der Waals surface area contributed by atoms with Crippen LogP contribution in [0, 0.1) is 0 Å². The van der Waals surface area contributed by atoms with Crippen LogP contribution in [0.15, 0.2) is 60.7 Å². The normalized spacial score (nSPS) is 13.6. The summed E-state index contributed by atoms with van der Waals surface area (Å²) in [4.78, 5) is 9.89. The number of aromatic nitrogens is 2. The number of ether oxygens (including phenoxy) is 1. The molecule has 1 aromatic heterocycles. The van der Waals surface area contributed by atoms with Crippen LogP contribution < -0.4 is 20.3 Å². The molecule has 3 aromatic rings. The molecule has 4 rings (SSSR count). The summed E-state index contributed by atoms with van der Waals surface area (Å²) in [6, 6.07) is 17.3. The van der Waals surface area contributed by atoms with E-state index in [-0.39, 0.29) is 16.9 Å². The average Bonchev–Trinajstić information content (AvgIpc) is 3.33. The van der Waals surface area contributed by atoms with Gasteiger partial charge in [0.1, 0.15) is 5.75 Å². The zero-order valence-corrected chi connectivity index (χ0v) is 18.4. The Hall–Kier alpha value is -3.40. The van der Waals surface area contributed by atoms with Crippen LogP contribution in [0.4, 0.5) is 24.8 Å². The Morgan fingerprint density at radius 1 is 1.00 bits per heavy atom. The molecule has 10 heteroatoms. The van der Waals surface area contributed by atoms with Gasteiger partial charge >= 0.3 is 6.18 Å². The molecule has 0 saturated carbocycles. The third-order valence-electron chi connectivity index (χ3n) is 5.04. The van der Waals surface area contributed by atoms with Crippen molar-refractivity contribution in [3.63, 3.8) is 0 Å². The fourth-order valence-electron chi connectivity index (χ4n) is 3.42. The number of nitrogens with one attached hydrogen (secondary N) is 2. The van der Waals surface area contributed by atoms with Gasteiger partial charge in [-0.05, 0) is 54.9 Å². The Balaban J connectivity index is 1.40. The number of anilines is 2. The smallest absolute Gasteiger partial charge is 0.433 e. The zero-order valence-electron chi connectivity index (χ0n) is 17.6. The van der Waals surface area contributed by atoms with E-state index in [4.69, 9.17) is 17.0 Å². The highest BCUT2D eigenvalue weighted by molar-refractivity contribution is 7.80. The largest absolute Gasteiger partial charge is 0.439 e. The van der Waals surface area contributed by atoms with Crippen molar-refractivity contribution in [3.05, 3.63) is 71.9 Å². The Bertz CT molecular complexity index is 1090. The number of nitrogens with zero attached hydrogens (tertiary/aromatic N) is 3. The predicted octanol–water partition coefficient (Wildman–Crippen LogP) is 5.37. The summed E-state index contributed by atoms with van der Waals surface area (Å²) in [6.45, 7) is 2.54. The Morgan fingerprint density at radius 2 is 1.70 bits per heavy atom. The molecule has 0 bridgehead atoms. The molecule has 172 valence electrons. The number of benzene rings is 2. The minimum absolute atomic E-state index is 0.101. The summed E-state index contributed by atoms with van der Waals surface area (Å²) in [7, 11) is 0. The van der Waals surface area contributed by atoms with E-state index in [1.54, 1.807) is 30.3 Å². The predicted molar refractivity (Wildman–Crippen MR) is 124 cm³/mol. The van der Waals surface area contributed by atoms with Gasteiger partial charge in [0.15, 0.2) is 10.8 Å². The van der Waals surface area contributed by atoms with Crippen LogP contribution in [0.2, 0.25) is 0 Å². The molecule has 2 aromatic carbocycles. The van der Waals surface area contributed by atoms with Gasteiger partial charge in [-0.15, -0.1) is 0 Å². The van der Waals surface area contributed by atoms with Crippen LogP contribution in [0.1, 0.15) is 24.1 Å². The molecule has 2 N–H and O–H groups in total. The van der Waals surface area contributed by atoms with Gasteiger partial charge in [0, 0.05) is 31.4 Å². The van der Waals surface area contributed by atoms with Crippen molar-refractivity contribution >= 4 is 29.0 Å². The highest BCUT2D eigenvalue weighted by Crippen LogP contribution is 2.31. The Labute approximate surface area is 194 Å². The number of rotatable bonds is 6. The molecule has 0 radical (unpaired) electrons. The third kappa shape index (κ3) is 6.32. The van der Waals surface area contributed by atoms with Crippen molar-refractivity contribution < 1.29 is 17.9 Å². The van der Waals surface area contributed by atoms with Crippen molar-refractivity contribution in [2.75, 3.05) is 23.3 Å². The first-order valence-electron chi connectivity index (χ1n) is 10.4. The first kappa shape index (κ1) is 22.8. The van der Waals surface area contributed by atoms with Crippen molar-refractivity contribution in [1.82, 2.24) is 15.3 Å². The first-order valence-corrected chi connectivity index (χ1v) is 10.9. The van der Waals surface area contributed by atoms with Gasteiger partial charge in [-0.25, -0.2) is 4.98 Å². The second-order valence-electron chi connectivity index (χ2n) is 7.50. The van der Waals surface area contributed by atoms with E-state index >= 15 is 0 Å². The van der Waals surface area contributed by atoms with Crippen molar-refractivity contribution in [3.8, 4) is 11.6 Å². The lowest BCUT2D eigenvalue weighted by atomic mass is 10.2. The summed E-state index contributed by atoms with van der Waals surface area (Å²) in [5.74, 6) is -0.197. The molecule has 0 spiro atoms. The number of thiocarbonyl (C=S) groups is 1. The van der Waals surface area contributed by atoms with Gasteiger partial charge in [0.2, 0.25) is 11.8 Å². The summed E-state index contributed by atoms with van der Waals surface area (Å²) in [5.41, 5.74) is 1.03. The molecular weight excluding hydrogens is 451 g/mol. The highest BCUT2D eigenvalue weighted by atomic mass is 32.1. The maximum Gasteiger partial charge on any atom is 0.433 e. The lowest BCUT2D eigenvalue weighted by molar-refractivity contribution is -0.141. The molecule has 1 saturated heterocycles. The van der Waals surface area contributed by atoms with Gasteiger partial charge in [-0.3, -0.25) is 0 Å². The van der Waals surface area contributed by atoms with E-state index in [0.717, 1.165) is 24.7 Å². The quantitative estimate of drug-likeness (QED) is 0.467. The van der Waals surface area contributed by atoms with Crippen molar-refractivity contribution in [2.24, 2.45) is 0 Å². The minimum atomic E-state index is -4.67. The van der Waals surface area contributed by atoms with Crippen molar-refractivity contribution in [2.45, 2.75) is 25.6 Å². The monoisotopic (exact) mass is 473 g/mol. The molecule has 33 heavy (non-hydrogen) atoms. The van der Waals surface area contributed by atoms with Crippen LogP contribution in [0.5, 0.6) is 11.6 Å². The van der Waals surface area contributed by atoms with Gasteiger partial charge < -0.3 is 20.3 Å². The number of halogens is 3. The average molecular weight is 474 g/mol. The second-order valence-corrected chi connectivity index (χ2v) is 7.90. The van der Waals surface area contributed by atoms with Gasteiger partial charge in [-0.1, -0.05) is 30.3 Å². The zero-order chi connectivity index (χ0) is 23.3. The molecular formula is C23H22F3N5OS. The first-order chi connectivity index (χ1) is 15.9. The van der Waals surface area contributed by atoms with Gasteiger partial charge in [0.25, 0.3) is 0 Å². The summed E-state index contributed by atoms with van der Waals surface area (Å²) in [5, 5.41) is 5.69. The summed E-state index contributed by atoms with van der Waals surface area (Å²) >= 11 is 5.23. The molecule has 1 aliphatic heterocycles. The molecule has 1 aliphatic rings. The molecule has 0 amide bonds. The SMILES string of the molecule is FC(F)(F)c1cc(Oc2ccccc2)nc(NC(=S)NCc2ccc(N3CCCC3)cc2)n1. The van der Waals surface area contributed by atoms with E-state index in [2.05, 4.69) is 37.6 Å². The lowest BCUT2D eigenvalue weighted by Crippen LogP contribution is -2.29. The van der Waals surface area contributed by atoms with Gasteiger partial charge in [-0.2, -0.15) is 18.2 Å². The van der Waals surface area contributed by atoms with E-state index in [0.29, 0.717) is 12.3 Å². The standard InChI is InChI=1S/C23H22F3N5OS/c24-23(25,26)19-14-20(32-18-6-2-1-3-7-18)29-21(28-19)30-22(33)27-15-16-8-10-17(11-9-16)31-12-4-5-13-31/h1-3,6-11,14H,4-5,12-13,15H2,(H2,27,28,29,30,33). The maximum atomic E-state index is 13.3. The van der Waals surface area contributed by atoms with Crippen LogP contribution in [-0.4, -0.2) is 28.2 Å². The Kier molecular flexibility index (Phi) is 6.93. The third-order valence-corrected chi connectivity index (χ3v) is 5.29. The number of para-hydroxylation sites is 1. The van der Waals surface area contributed by atoms with Crippen molar-refractivity contribution in [1.29, 1.82) is 0 Å². The molecule has 2 heterocycles. The number of hydrogen-bond acceptors (Lipinski definition) is 5. The minimum Gasteiger partial charge on any atom is -0.439 e. The molecule has 0 unspecified atom stereocenters. The molecule has 0 atom stereocenters. The van der Waals surface area contributed by atoms with E-state index in [1.807, 2.05) is 12.1 Å². The lowest BCUT2D eigenvalue weighted by Gasteiger charge is -2.18.